The zero-order chi connectivity index (χ0) is 42.7. The molecule has 8 unspecified atom stereocenters. The Hall–Kier alpha value is -6.90. The lowest BCUT2D eigenvalue weighted by atomic mass is 9.67. The topological polar surface area (TPSA) is 185 Å². The van der Waals surface area contributed by atoms with E-state index in [0.29, 0.717) is 59.6 Å². The zero-order valence-electron chi connectivity index (χ0n) is 33.3. The van der Waals surface area contributed by atoms with Crippen molar-refractivity contribution in [2.75, 3.05) is 23.7 Å². The number of rotatable bonds is 8. The van der Waals surface area contributed by atoms with Crippen LogP contribution in [-0.2, 0) is 20.7 Å². The number of Topliss-reactive ketones (excluding diaryl/α,β-unsaturated/α-hetero) is 2. The standard InChI is InChI=1S/C48H40N6O8/c55-43(29-9-3-1-4-10-29)41-39(37-13-7-23-51(37)47(41)33-25-31(53(59)60)19-21-35(33)49-45(47)57)27-15-17-28(18-16-27)40-38-14-8-24-52(38)48(42(40)44(56)30-11-5-2-6-12-30)34-26-32(54(61)62)20-22-36(34)50-46(48)58/h1-6,9-12,15-22,25-26,37-42H,7-8,13-14,23-24H2,(H,49,57)(H,50,58). The molecule has 4 fully saturated rings. The third-order valence-corrected chi connectivity index (χ3v) is 14.8. The highest BCUT2D eigenvalue weighted by atomic mass is 16.6. The fraction of sp³-hybridized carbons (Fsp3) is 0.292. The number of amides is 2. The van der Waals surface area contributed by atoms with Gasteiger partial charge < -0.3 is 10.6 Å². The van der Waals surface area contributed by atoms with Crippen LogP contribution < -0.4 is 10.6 Å². The average Bonchev–Trinajstić information content (AvgIpc) is 4.14. The third kappa shape index (κ3) is 5.04. The lowest BCUT2D eigenvalue weighted by molar-refractivity contribution is -0.385. The quantitative estimate of drug-likeness (QED) is 0.0913. The molecule has 62 heavy (non-hydrogen) atoms. The van der Waals surface area contributed by atoms with E-state index in [1.165, 1.54) is 24.3 Å². The van der Waals surface area contributed by atoms with E-state index in [-0.39, 0.29) is 46.8 Å². The van der Waals surface area contributed by atoms with Crippen molar-refractivity contribution >= 4 is 46.1 Å². The van der Waals surface area contributed by atoms with Gasteiger partial charge in [0.1, 0.15) is 11.1 Å². The maximum Gasteiger partial charge on any atom is 0.269 e. The molecule has 11 rings (SSSR count). The summed E-state index contributed by atoms with van der Waals surface area (Å²) in [5.74, 6) is -4.15. The zero-order valence-corrected chi connectivity index (χ0v) is 33.3. The number of nitro benzene ring substituents is 2. The molecule has 14 heteroatoms. The fourth-order valence-electron chi connectivity index (χ4n) is 12.6. The summed E-state index contributed by atoms with van der Waals surface area (Å²) in [6.45, 7) is 1.03. The second kappa shape index (κ2) is 13.8. The maximum atomic E-state index is 15.1. The van der Waals surface area contributed by atoms with E-state index in [1.54, 1.807) is 60.7 Å². The molecule has 4 saturated heterocycles. The van der Waals surface area contributed by atoms with Gasteiger partial charge in [-0.3, -0.25) is 49.2 Å². The Balaban J connectivity index is 1.07. The summed E-state index contributed by atoms with van der Waals surface area (Å²) in [7, 11) is 0. The molecule has 6 aliphatic rings. The Morgan fingerprint density at radius 1 is 0.565 bits per heavy atom. The van der Waals surface area contributed by atoms with Crippen molar-refractivity contribution in [3.63, 3.8) is 0 Å². The molecule has 0 saturated carbocycles. The monoisotopic (exact) mass is 828 g/mol. The number of non-ortho nitro benzene ring substituents is 2. The molecule has 2 spiro atoms. The molecule has 310 valence electrons. The summed E-state index contributed by atoms with van der Waals surface area (Å²) in [5.41, 5.74) is 0.856. The van der Waals surface area contributed by atoms with Gasteiger partial charge in [-0.15, -0.1) is 0 Å². The molecule has 8 atom stereocenters. The molecule has 2 amide bonds. The number of hydrogen-bond acceptors (Lipinski definition) is 10. The summed E-state index contributed by atoms with van der Waals surface area (Å²) in [5, 5.41) is 30.3. The molecular formula is C48H40N6O8. The van der Waals surface area contributed by atoms with E-state index >= 15 is 9.59 Å². The highest BCUT2D eigenvalue weighted by Crippen LogP contribution is 2.64. The first-order chi connectivity index (χ1) is 30.1. The van der Waals surface area contributed by atoms with Crippen LogP contribution in [0.3, 0.4) is 0 Å². The normalized spacial score (nSPS) is 29.3. The molecule has 6 heterocycles. The van der Waals surface area contributed by atoms with E-state index in [9.17, 15) is 29.8 Å². The van der Waals surface area contributed by atoms with Gasteiger partial charge in [-0.2, -0.15) is 0 Å². The highest BCUT2D eigenvalue weighted by molar-refractivity contribution is 6.14. The van der Waals surface area contributed by atoms with Crippen LogP contribution in [0.15, 0.2) is 121 Å². The SMILES string of the molecule is O=C(c1ccccc1)C1C(c2ccc(C3C4CCCN4C4(C(=O)Nc5ccc([N+](=O)[O-])cc54)C3C(=O)c3ccccc3)cc2)C2CCCN2C12C(=O)Nc1ccc([N+](=O)[O-])cc12. The van der Waals surface area contributed by atoms with Crippen molar-refractivity contribution < 1.29 is 29.0 Å². The minimum atomic E-state index is -1.51. The average molecular weight is 829 g/mol. The predicted octanol–water partition coefficient (Wildman–Crippen LogP) is 7.32. The Bertz CT molecular complexity index is 2580. The summed E-state index contributed by atoms with van der Waals surface area (Å²) in [4.78, 5) is 87.1. The van der Waals surface area contributed by atoms with Gasteiger partial charge in [0, 0.05) is 81.8 Å². The van der Waals surface area contributed by atoms with Crippen LogP contribution in [0.1, 0.15) is 80.5 Å². The summed E-state index contributed by atoms with van der Waals surface area (Å²) < 4.78 is 0. The molecule has 5 aromatic rings. The summed E-state index contributed by atoms with van der Waals surface area (Å²) >= 11 is 0. The Morgan fingerprint density at radius 3 is 1.32 bits per heavy atom. The van der Waals surface area contributed by atoms with Crippen LogP contribution in [0.5, 0.6) is 0 Å². The second-order valence-corrected chi connectivity index (χ2v) is 17.4. The van der Waals surface area contributed by atoms with E-state index in [0.717, 1.165) is 24.0 Å². The first kappa shape index (κ1) is 38.1. The van der Waals surface area contributed by atoms with E-state index in [2.05, 4.69) is 20.4 Å². The van der Waals surface area contributed by atoms with Gasteiger partial charge >= 0.3 is 0 Å². The molecule has 0 aliphatic carbocycles. The lowest BCUT2D eigenvalue weighted by Gasteiger charge is -2.37. The van der Waals surface area contributed by atoms with Gasteiger partial charge in [-0.25, -0.2) is 0 Å². The van der Waals surface area contributed by atoms with E-state index < -0.39 is 44.6 Å². The van der Waals surface area contributed by atoms with Crippen LogP contribution >= 0.6 is 0 Å². The number of nitro groups is 2. The van der Waals surface area contributed by atoms with Crippen LogP contribution in [0.25, 0.3) is 0 Å². The number of anilines is 2. The summed E-state index contributed by atoms with van der Waals surface area (Å²) in [6.07, 6.45) is 2.91. The van der Waals surface area contributed by atoms with Crippen molar-refractivity contribution in [3.05, 3.63) is 175 Å². The molecule has 0 bridgehead atoms. The molecule has 2 N–H and O–H groups in total. The van der Waals surface area contributed by atoms with Gasteiger partial charge in [-0.1, -0.05) is 84.9 Å². The fourth-order valence-corrected chi connectivity index (χ4v) is 12.6. The molecule has 6 aliphatic heterocycles. The number of benzene rings is 5. The van der Waals surface area contributed by atoms with Gasteiger partial charge in [0.25, 0.3) is 11.4 Å². The largest absolute Gasteiger partial charge is 0.324 e. The lowest BCUT2D eigenvalue weighted by Crippen LogP contribution is -2.52. The molecular weight excluding hydrogens is 789 g/mol. The number of carbonyl (C=O) groups excluding carboxylic acids is 4. The van der Waals surface area contributed by atoms with Crippen molar-refractivity contribution in [3.8, 4) is 0 Å². The highest BCUT2D eigenvalue weighted by Gasteiger charge is 2.71. The Labute approximate surface area is 355 Å². The van der Waals surface area contributed by atoms with Gasteiger partial charge in [0.05, 0.1) is 21.7 Å². The van der Waals surface area contributed by atoms with Gasteiger partial charge in [-0.05, 0) is 62.0 Å². The van der Waals surface area contributed by atoms with Crippen molar-refractivity contribution in [2.45, 2.75) is 60.7 Å². The second-order valence-electron chi connectivity index (χ2n) is 17.4. The minimum Gasteiger partial charge on any atom is -0.324 e. The first-order valence-electron chi connectivity index (χ1n) is 21.1. The molecule has 14 nitrogen and oxygen atoms in total. The van der Waals surface area contributed by atoms with Gasteiger partial charge in [0.15, 0.2) is 11.6 Å². The number of fused-ring (bicyclic) bond motifs is 8. The number of hydrogen-bond donors (Lipinski definition) is 2. The number of ketones is 2. The van der Waals surface area contributed by atoms with Crippen LogP contribution in [-0.4, -0.2) is 68.2 Å². The van der Waals surface area contributed by atoms with Crippen molar-refractivity contribution in [2.24, 2.45) is 11.8 Å². The molecule has 0 radical (unpaired) electrons. The first-order valence-corrected chi connectivity index (χ1v) is 21.1. The van der Waals surface area contributed by atoms with Crippen LogP contribution in [0.2, 0.25) is 0 Å². The van der Waals surface area contributed by atoms with Gasteiger partial charge in [0.2, 0.25) is 11.8 Å². The van der Waals surface area contributed by atoms with E-state index in [4.69, 9.17) is 0 Å². The number of nitrogens with one attached hydrogen (secondary N) is 2. The Morgan fingerprint density at radius 2 is 0.952 bits per heavy atom. The van der Waals surface area contributed by atoms with Crippen LogP contribution in [0, 0.1) is 32.1 Å². The number of nitrogens with zero attached hydrogens (tertiary/aromatic N) is 4. The van der Waals surface area contributed by atoms with Crippen LogP contribution in [0.4, 0.5) is 22.7 Å². The predicted molar refractivity (Wildman–Crippen MR) is 227 cm³/mol. The minimum absolute atomic E-state index is 0.169. The smallest absolute Gasteiger partial charge is 0.269 e. The number of carbonyl (C=O) groups is 4. The van der Waals surface area contributed by atoms with E-state index in [1.807, 2.05) is 36.4 Å². The third-order valence-electron chi connectivity index (χ3n) is 14.8. The van der Waals surface area contributed by atoms with Crippen molar-refractivity contribution in [1.29, 1.82) is 0 Å². The Kier molecular flexibility index (Phi) is 8.48. The molecule has 5 aromatic carbocycles. The summed E-state index contributed by atoms with van der Waals surface area (Å²) in [6, 6.07) is 33.8. The van der Waals surface area contributed by atoms with Crippen molar-refractivity contribution in [1.82, 2.24) is 9.80 Å². The molecule has 0 aromatic heterocycles. The maximum absolute atomic E-state index is 15.1.